The van der Waals surface area contributed by atoms with Crippen LogP contribution in [0.15, 0.2) is 24.3 Å². The monoisotopic (exact) mass is 254 g/mol. The van der Waals surface area contributed by atoms with Crippen LogP contribution in [0.3, 0.4) is 0 Å². The van der Waals surface area contributed by atoms with Gasteiger partial charge in [-0.3, -0.25) is 4.79 Å². The van der Waals surface area contributed by atoms with Gasteiger partial charge in [-0.1, -0.05) is 31.2 Å². The molecule has 0 bridgehead atoms. The minimum atomic E-state index is -3.28. The molecule has 0 heterocycles. The molecule has 4 heteroatoms. The molecule has 0 amide bonds. The number of carbonyl (C=O) groups is 1. The normalized spacial score (nSPS) is 13.4. The fourth-order valence-electron chi connectivity index (χ4n) is 1.48. The maximum atomic E-state index is 11.7. The van der Waals surface area contributed by atoms with E-state index in [4.69, 9.17) is 0 Å². The highest BCUT2D eigenvalue weighted by Gasteiger charge is 2.23. The van der Waals surface area contributed by atoms with Crippen LogP contribution in [0.1, 0.15) is 25.0 Å². The van der Waals surface area contributed by atoms with E-state index >= 15 is 0 Å². The second-order valence-electron chi connectivity index (χ2n) is 4.28. The first-order chi connectivity index (χ1) is 7.84. The van der Waals surface area contributed by atoms with E-state index < -0.39 is 15.1 Å². The Morgan fingerprint density at radius 3 is 2.06 bits per heavy atom. The Labute approximate surface area is 103 Å². The fraction of sp³-hybridized carbons (Fsp3) is 0.462. The number of benzene rings is 1. The molecule has 0 spiro atoms. The van der Waals surface area contributed by atoms with Crippen LogP contribution in [-0.2, 0) is 27.5 Å². The lowest BCUT2D eigenvalue weighted by molar-refractivity contribution is -0.117. The quantitative estimate of drug-likeness (QED) is 0.805. The molecule has 0 aromatic heterocycles. The van der Waals surface area contributed by atoms with Gasteiger partial charge in [0.15, 0.2) is 15.6 Å². The largest absolute Gasteiger partial charge is 0.298 e. The molecule has 0 saturated carbocycles. The van der Waals surface area contributed by atoms with Crippen molar-refractivity contribution in [2.24, 2.45) is 0 Å². The van der Waals surface area contributed by atoms with Gasteiger partial charge in [-0.2, -0.15) is 0 Å². The zero-order valence-electron chi connectivity index (χ0n) is 10.4. The third kappa shape index (κ3) is 3.97. The standard InChI is InChI=1S/C13H18O3S/c1-4-11-5-7-12(8-6-11)9-13(14)10(2)17(3,15)16/h5-8,10H,4,9H2,1-3H3. The fourth-order valence-corrected chi connectivity index (χ4v) is 2.04. The van der Waals surface area contributed by atoms with E-state index in [1.807, 2.05) is 24.3 Å². The second kappa shape index (κ2) is 5.45. The van der Waals surface area contributed by atoms with Crippen LogP contribution in [0.2, 0.25) is 0 Å². The van der Waals surface area contributed by atoms with Crippen LogP contribution in [-0.4, -0.2) is 25.7 Å². The number of hydrogen-bond donors (Lipinski definition) is 0. The van der Waals surface area contributed by atoms with Gasteiger partial charge in [-0.05, 0) is 24.5 Å². The first kappa shape index (κ1) is 13.9. The van der Waals surface area contributed by atoms with Crippen LogP contribution in [0.4, 0.5) is 0 Å². The number of Topliss-reactive ketones (excluding diaryl/α,β-unsaturated/α-hetero) is 1. The Morgan fingerprint density at radius 1 is 1.18 bits per heavy atom. The van der Waals surface area contributed by atoms with E-state index in [9.17, 15) is 13.2 Å². The van der Waals surface area contributed by atoms with E-state index in [0.29, 0.717) is 0 Å². The van der Waals surface area contributed by atoms with Crippen molar-refractivity contribution in [3.8, 4) is 0 Å². The number of sulfone groups is 1. The number of hydrogen-bond acceptors (Lipinski definition) is 3. The zero-order chi connectivity index (χ0) is 13.1. The van der Waals surface area contributed by atoms with Gasteiger partial charge < -0.3 is 0 Å². The summed E-state index contributed by atoms with van der Waals surface area (Å²) < 4.78 is 22.5. The summed E-state index contributed by atoms with van der Waals surface area (Å²) in [5, 5.41) is -0.923. The van der Waals surface area contributed by atoms with Crippen molar-refractivity contribution in [1.82, 2.24) is 0 Å². The second-order valence-corrected chi connectivity index (χ2v) is 6.65. The van der Waals surface area contributed by atoms with Gasteiger partial charge in [0.05, 0.1) is 0 Å². The summed E-state index contributed by atoms with van der Waals surface area (Å²) in [6.07, 6.45) is 2.22. The van der Waals surface area contributed by atoms with Gasteiger partial charge in [0.1, 0.15) is 5.25 Å². The van der Waals surface area contributed by atoms with Gasteiger partial charge >= 0.3 is 0 Å². The molecule has 0 radical (unpaired) electrons. The minimum Gasteiger partial charge on any atom is -0.298 e. The number of ketones is 1. The van der Waals surface area contributed by atoms with E-state index in [2.05, 4.69) is 6.92 Å². The predicted octanol–water partition coefficient (Wildman–Crippen LogP) is 1.79. The van der Waals surface area contributed by atoms with E-state index in [0.717, 1.165) is 18.2 Å². The van der Waals surface area contributed by atoms with E-state index in [1.54, 1.807) is 0 Å². The van der Waals surface area contributed by atoms with Crippen molar-refractivity contribution in [3.63, 3.8) is 0 Å². The molecular weight excluding hydrogens is 236 g/mol. The van der Waals surface area contributed by atoms with E-state index in [1.165, 1.54) is 12.5 Å². The number of carbonyl (C=O) groups excluding carboxylic acids is 1. The average Bonchev–Trinajstić information content (AvgIpc) is 2.27. The lowest BCUT2D eigenvalue weighted by Crippen LogP contribution is -2.27. The smallest absolute Gasteiger partial charge is 0.157 e. The third-order valence-electron chi connectivity index (χ3n) is 2.91. The zero-order valence-corrected chi connectivity index (χ0v) is 11.3. The molecule has 0 N–H and O–H groups in total. The molecule has 0 saturated heterocycles. The molecule has 1 aromatic rings. The molecule has 1 unspecified atom stereocenters. The lowest BCUT2D eigenvalue weighted by Gasteiger charge is -2.08. The molecule has 3 nitrogen and oxygen atoms in total. The summed E-state index contributed by atoms with van der Waals surface area (Å²) in [5.41, 5.74) is 2.07. The molecule has 17 heavy (non-hydrogen) atoms. The Balaban J connectivity index is 2.74. The molecule has 94 valence electrons. The van der Waals surface area contributed by atoms with Crippen LogP contribution >= 0.6 is 0 Å². The molecule has 1 atom stereocenters. The SMILES string of the molecule is CCc1ccc(CC(=O)C(C)S(C)(=O)=O)cc1. The highest BCUT2D eigenvalue weighted by Crippen LogP contribution is 2.09. The molecule has 1 aromatic carbocycles. The maximum Gasteiger partial charge on any atom is 0.157 e. The van der Waals surface area contributed by atoms with Crippen molar-refractivity contribution in [3.05, 3.63) is 35.4 Å². The van der Waals surface area contributed by atoms with Crippen molar-refractivity contribution >= 4 is 15.6 Å². The third-order valence-corrected chi connectivity index (χ3v) is 4.45. The molecule has 1 rings (SSSR count). The highest BCUT2D eigenvalue weighted by molar-refractivity contribution is 7.92. The Hall–Kier alpha value is -1.16. The van der Waals surface area contributed by atoms with Crippen molar-refractivity contribution < 1.29 is 13.2 Å². The lowest BCUT2D eigenvalue weighted by atomic mass is 10.0. The molecular formula is C13H18O3S. The molecule has 0 aliphatic heterocycles. The van der Waals surface area contributed by atoms with Crippen molar-refractivity contribution in [1.29, 1.82) is 0 Å². The minimum absolute atomic E-state index is 0.179. The first-order valence-corrected chi connectivity index (χ1v) is 7.59. The van der Waals surface area contributed by atoms with Crippen molar-refractivity contribution in [2.45, 2.75) is 31.9 Å². The van der Waals surface area contributed by atoms with Gasteiger partial charge in [0.25, 0.3) is 0 Å². The summed E-state index contributed by atoms with van der Waals surface area (Å²) in [4.78, 5) is 11.7. The Kier molecular flexibility index (Phi) is 4.46. The summed E-state index contributed by atoms with van der Waals surface area (Å²) in [5.74, 6) is -0.253. The van der Waals surface area contributed by atoms with Gasteiger partial charge in [0, 0.05) is 12.7 Å². The van der Waals surface area contributed by atoms with E-state index in [-0.39, 0.29) is 12.2 Å². The topological polar surface area (TPSA) is 51.2 Å². The summed E-state index contributed by atoms with van der Waals surface area (Å²) in [6.45, 7) is 3.50. The number of rotatable bonds is 5. The molecule has 0 fully saturated rings. The highest BCUT2D eigenvalue weighted by atomic mass is 32.2. The summed E-state index contributed by atoms with van der Waals surface area (Å²) >= 11 is 0. The first-order valence-electron chi connectivity index (χ1n) is 5.64. The maximum absolute atomic E-state index is 11.7. The van der Waals surface area contributed by atoms with Crippen LogP contribution in [0.25, 0.3) is 0 Å². The number of aryl methyl sites for hydroxylation is 1. The molecule has 0 aliphatic carbocycles. The van der Waals surface area contributed by atoms with Crippen LogP contribution in [0, 0.1) is 0 Å². The predicted molar refractivity (Wildman–Crippen MR) is 68.8 cm³/mol. The molecule has 0 aliphatic rings. The Morgan fingerprint density at radius 2 is 1.65 bits per heavy atom. The van der Waals surface area contributed by atoms with Crippen LogP contribution in [0.5, 0.6) is 0 Å². The van der Waals surface area contributed by atoms with Crippen molar-refractivity contribution in [2.75, 3.05) is 6.26 Å². The van der Waals surface area contributed by atoms with Gasteiger partial charge in [0.2, 0.25) is 0 Å². The summed E-state index contributed by atoms with van der Waals surface area (Å²) in [7, 11) is -3.28. The summed E-state index contributed by atoms with van der Waals surface area (Å²) in [6, 6.07) is 7.69. The van der Waals surface area contributed by atoms with Gasteiger partial charge in [-0.15, -0.1) is 0 Å². The van der Waals surface area contributed by atoms with Gasteiger partial charge in [-0.25, -0.2) is 8.42 Å². The Bertz CT molecular complexity index is 486. The average molecular weight is 254 g/mol. The van der Waals surface area contributed by atoms with Crippen LogP contribution < -0.4 is 0 Å².